The van der Waals surface area contributed by atoms with Crippen molar-refractivity contribution in [2.75, 3.05) is 0 Å². The number of carbonyl (C=O) groups is 2. The fourth-order valence-corrected chi connectivity index (χ4v) is 2.46. The number of hydrogen-bond donors (Lipinski definition) is 1. The minimum atomic E-state index is -0.655. The molecular weight excluding hydrogens is 314 g/mol. The Kier molecular flexibility index (Phi) is 6.75. The van der Waals surface area contributed by atoms with Crippen molar-refractivity contribution in [1.82, 2.24) is 5.32 Å². The van der Waals surface area contributed by atoms with Gasteiger partial charge in [0, 0.05) is 5.56 Å². The van der Waals surface area contributed by atoms with Crippen LogP contribution in [0.5, 0.6) is 0 Å². The van der Waals surface area contributed by atoms with Crippen LogP contribution in [0.1, 0.15) is 41.8 Å². The first-order valence-corrected chi connectivity index (χ1v) is 8.54. The highest BCUT2D eigenvalue weighted by molar-refractivity contribution is 5.96. The molecule has 2 aromatic carbocycles. The summed E-state index contributed by atoms with van der Waals surface area (Å²) in [7, 11) is 0. The highest BCUT2D eigenvalue weighted by Gasteiger charge is 2.24. The van der Waals surface area contributed by atoms with Gasteiger partial charge >= 0.3 is 5.97 Å². The zero-order chi connectivity index (χ0) is 18.2. The van der Waals surface area contributed by atoms with Gasteiger partial charge in [0.15, 0.2) is 0 Å². The Morgan fingerprint density at radius 3 is 2.24 bits per heavy atom. The Labute approximate surface area is 149 Å². The molecule has 132 valence electrons. The molecule has 0 heterocycles. The van der Waals surface area contributed by atoms with E-state index in [1.54, 1.807) is 12.1 Å². The number of carbonyl (C=O) groups excluding carboxylic acids is 2. The molecule has 0 spiro atoms. The monoisotopic (exact) mass is 339 g/mol. The van der Waals surface area contributed by atoms with Crippen LogP contribution in [0.4, 0.5) is 0 Å². The number of aryl methyl sites for hydroxylation is 1. The van der Waals surface area contributed by atoms with Crippen LogP contribution in [0.25, 0.3) is 0 Å². The van der Waals surface area contributed by atoms with Crippen molar-refractivity contribution < 1.29 is 14.3 Å². The number of rotatable bonds is 7. The number of nitrogens with one attached hydrogen (secondary N) is 1. The molecule has 4 nitrogen and oxygen atoms in total. The van der Waals surface area contributed by atoms with Crippen LogP contribution in [0.3, 0.4) is 0 Å². The third-order valence-corrected chi connectivity index (χ3v) is 3.83. The predicted molar refractivity (Wildman–Crippen MR) is 98.1 cm³/mol. The summed E-state index contributed by atoms with van der Waals surface area (Å²) < 4.78 is 5.39. The zero-order valence-corrected chi connectivity index (χ0v) is 15.0. The lowest BCUT2D eigenvalue weighted by atomic mass is 10.0. The van der Waals surface area contributed by atoms with E-state index < -0.39 is 12.0 Å². The lowest BCUT2D eigenvalue weighted by Gasteiger charge is -2.19. The molecular formula is C21H25NO3. The maximum absolute atomic E-state index is 12.4. The fraction of sp³-hybridized carbons (Fsp3) is 0.333. The van der Waals surface area contributed by atoms with Crippen molar-refractivity contribution in [1.29, 1.82) is 0 Å². The highest BCUT2D eigenvalue weighted by atomic mass is 16.5. The maximum atomic E-state index is 12.4. The van der Waals surface area contributed by atoms with Crippen LogP contribution in [-0.2, 0) is 16.1 Å². The van der Waals surface area contributed by atoms with Gasteiger partial charge < -0.3 is 10.1 Å². The van der Waals surface area contributed by atoms with Gasteiger partial charge in [0.05, 0.1) is 0 Å². The zero-order valence-electron chi connectivity index (χ0n) is 15.0. The number of ether oxygens (including phenoxy) is 1. The second kappa shape index (κ2) is 9.02. The largest absolute Gasteiger partial charge is 0.459 e. The van der Waals surface area contributed by atoms with Gasteiger partial charge in [-0.1, -0.05) is 61.9 Å². The number of hydrogen-bond acceptors (Lipinski definition) is 3. The molecule has 2 aromatic rings. The molecule has 0 fully saturated rings. The minimum absolute atomic E-state index is 0.203. The normalized spacial score (nSPS) is 11.8. The van der Waals surface area contributed by atoms with Gasteiger partial charge in [0.1, 0.15) is 12.6 Å². The van der Waals surface area contributed by atoms with Crippen LogP contribution in [-0.4, -0.2) is 17.9 Å². The first-order valence-electron chi connectivity index (χ1n) is 8.54. The van der Waals surface area contributed by atoms with Gasteiger partial charge in [-0.05, 0) is 37.0 Å². The molecule has 1 atom stereocenters. The SMILES string of the molecule is Cc1ccc(C(=O)N[C@@H](CC(C)C)C(=O)OCc2ccccc2)cc1. The van der Waals surface area contributed by atoms with E-state index in [0.29, 0.717) is 12.0 Å². The molecule has 0 saturated heterocycles. The Hall–Kier alpha value is -2.62. The van der Waals surface area contributed by atoms with Gasteiger partial charge in [-0.25, -0.2) is 4.79 Å². The molecule has 25 heavy (non-hydrogen) atoms. The first-order chi connectivity index (χ1) is 12.0. The maximum Gasteiger partial charge on any atom is 0.328 e. The first kappa shape index (κ1) is 18.7. The molecule has 2 rings (SSSR count). The van der Waals surface area contributed by atoms with Crippen molar-refractivity contribution in [3.05, 3.63) is 71.3 Å². The molecule has 0 aliphatic carbocycles. The van der Waals surface area contributed by atoms with Crippen LogP contribution in [0.15, 0.2) is 54.6 Å². The molecule has 0 aliphatic rings. The van der Waals surface area contributed by atoms with Crippen LogP contribution < -0.4 is 5.32 Å². The van der Waals surface area contributed by atoms with Gasteiger partial charge in [0.2, 0.25) is 0 Å². The quantitative estimate of drug-likeness (QED) is 0.779. The molecule has 0 aliphatic heterocycles. The summed E-state index contributed by atoms with van der Waals surface area (Å²) in [5.41, 5.74) is 2.54. The Morgan fingerprint density at radius 2 is 1.64 bits per heavy atom. The minimum Gasteiger partial charge on any atom is -0.459 e. The number of benzene rings is 2. The lowest BCUT2D eigenvalue weighted by molar-refractivity contribution is -0.147. The predicted octanol–water partition coefficient (Wildman–Crippen LogP) is 3.88. The Balaban J connectivity index is 2.00. The van der Waals surface area contributed by atoms with E-state index in [1.807, 2.05) is 63.2 Å². The van der Waals surface area contributed by atoms with E-state index in [0.717, 1.165) is 11.1 Å². The summed E-state index contributed by atoms with van der Waals surface area (Å²) in [6.07, 6.45) is 0.533. The third-order valence-electron chi connectivity index (χ3n) is 3.83. The average Bonchev–Trinajstić information content (AvgIpc) is 2.60. The highest BCUT2D eigenvalue weighted by Crippen LogP contribution is 2.10. The summed E-state index contributed by atoms with van der Waals surface area (Å²) >= 11 is 0. The number of amides is 1. The van der Waals surface area contributed by atoms with Crippen LogP contribution in [0, 0.1) is 12.8 Å². The van der Waals surface area contributed by atoms with Crippen molar-refractivity contribution >= 4 is 11.9 Å². The molecule has 0 unspecified atom stereocenters. The molecule has 1 N–H and O–H groups in total. The van der Waals surface area contributed by atoms with Crippen LogP contribution in [0.2, 0.25) is 0 Å². The van der Waals surface area contributed by atoms with Gasteiger partial charge in [-0.3, -0.25) is 4.79 Å². The molecule has 0 saturated carbocycles. The molecule has 0 radical (unpaired) electrons. The second-order valence-corrected chi connectivity index (χ2v) is 6.61. The van der Waals surface area contributed by atoms with Crippen molar-refractivity contribution in [3.8, 4) is 0 Å². The summed E-state index contributed by atoms with van der Waals surface area (Å²) in [4.78, 5) is 24.8. The van der Waals surface area contributed by atoms with E-state index in [9.17, 15) is 9.59 Å². The molecule has 0 aromatic heterocycles. The molecule has 1 amide bonds. The standard InChI is InChI=1S/C21H25NO3/c1-15(2)13-19(21(24)25-14-17-7-5-4-6-8-17)22-20(23)18-11-9-16(3)10-12-18/h4-12,15,19H,13-14H2,1-3H3,(H,22,23)/t19-/m0/s1. The lowest BCUT2D eigenvalue weighted by Crippen LogP contribution is -2.42. The number of esters is 1. The van der Waals surface area contributed by atoms with Crippen molar-refractivity contribution in [2.45, 2.75) is 39.8 Å². The van der Waals surface area contributed by atoms with Gasteiger partial charge in [0.25, 0.3) is 5.91 Å². The smallest absolute Gasteiger partial charge is 0.328 e. The summed E-state index contributed by atoms with van der Waals surface area (Å²) in [6.45, 7) is 6.18. The van der Waals surface area contributed by atoms with E-state index in [4.69, 9.17) is 4.74 Å². The Morgan fingerprint density at radius 1 is 1.00 bits per heavy atom. The average molecular weight is 339 g/mol. The molecule has 0 bridgehead atoms. The van der Waals surface area contributed by atoms with Crippen molar-refractivity contribution in [3.63, 3.8) is 0 Å². The van der Waals surface area contributed by atoms with Gasteiger partial charge in [-0.15, -0.1) is 0 Å². The summed E-state index contributed by atoms with van der Waals surface area (Å²) in [5, 5.41) is 2.81. The van der Waals surface area contributed by atoms with E-state index in [2.05, 4.69) is 5.32 Å². The summed E-state index contributed by atoms with van der Waals surface area (Å²) in [5.74, 6) is -0.409. The third kappa shape index (κ3) is 6.07. The van der Waals surface area contributed by atoms with Gasteiger partial charge in [-0.2, -0.15) is 0 Å². The van der Waals surface area contributed by atoms with E-state index in [1.165, 1.54) is 0 Å². The topological polar surface area (TPSA) is 55.4 Å². The van der Waals surface area contributed by atoms with Crippen molar-refractivity contribution in [2.24, 2.45) is 5.92 Å². The fourth-order valence-electron chi connectivity index (χ4n) is 2.46. The Bertz CT molecular complexity index is 693. The second-order valence-electron chi connectivity index (χ2n) is 6.61. The van der Waals surface area contributed by atoms with E-state index >= 15 is 0 Å². The summed E-state index contributed by atoms with van der Waals surface area (Å²) in [6, 6.07) is 16.1. The van der Waals surface area contributed by atoms with E-state index in [-0.39, 0.29) is 18.4 Å². The van der Waals surface area contributed by atoms with Crippen LogP contribution >= 0.6 is 0 Å². The molecule has 4 heteroatoms.